The molecule has 2 heteroatoms. The molecule has 10 heavy (non-hydrogen) atoms. The largest absolute Gasteiger partial charge is 0.387 e. The van der Waals surface area contributed by atoms with Crippen molar-refractivity contribution in [3.8, 4) is 0 Å². The predicted octanol–water partition coefficient (Wildman–Crippen LogP) is 0.963. The van der Waals surface area contributed by atoms with Gasteiger partial charge in [-0.2, -0.15) is 0 Å². The highest BCUT2D eigenvalue weighted by Gasteiger charge is 2.32. The van der Waals surface area contributed by atoms with E-state index in [0.717, 1.165) is 6.54 Å². The predicted molar refractivity (Wildman–Crippen MR) is 41.5 cm³/mol. The highest BCUT2D eigenvalue weighted by molar-refractivity contribution is 5.03. The fourth-order valence-electron chi connectivity index (χ4n) is 1.96. The third-order valence-corrected chi connectivity index (χ3v) is 2.59. The molecular weight excluding hydrogens is 124 g/mol. The van der Waals surface area contributed by atoms with E-state index < -0.39 is 0 Å². The minimum atomic E-state index is 0.425. The Morgan fingerprint density at radius 1 is 1.10 bits per heavy atom. The van der Waals surface area contributed by atoms with Gasteiger partial charge in [-0.1, -0.05) is 12.8 Å². The lowest BCUT2D eigenvalue weighted by Crippen LogP contribution is -2.49. The fraction of sp³-hybridized carbons (Fsp3) is 0.750. The first kappa shape index (κ1) is 6.08. The van der Waals surface area contributed by atoms with Crippen molar-refractivity contribution in [2.45, 2.75) is 31.2 Å². The molecule has 0 bridgehead atoms. The Kier molecular flexibility index (Phi) is 1.33. The summed E-state index contributed by atoms with van der Waals surface area (Å²) in [6.07, 6.45) is 9.48. The molecule has 1 saturated carbocycles. The molecule has 0 aromatic rings. The first-order valence-corrected chi connectivity index (χ1v) is 4.07. The van der Waals surface area contributed by atoms with Gasteiger partial charge in [0.1, 0.15) is 0 Å². The maximum absolute atomic E-state index is 3.45. The molecule has 2 N–H and O–H groups in total. The second kappa shape index (κ2) is 2.19. The zero-order chi connectivity index (χ0) is 6.86. The van der Waals surface area contributed by atoms with Crippen LogP contribution in [0.25, 0.3) is 0 Å². The average molecular weight is 138 g/mol. The maximum Gasteiger partial charge on any atom is 0.0540 e. The van der Waals surface area contributed by atoms with Crippen molar-refractivity contribution in [2.75, 3.05) is 6.54 Å². The van der Waals surface area contributed by atoms with Gasteiger partial charge in [0.2, 0.25) is 0 Å². The van der Waals surface area contributed by atoms with Crippen LogP contribution in [-0.4, -0.2) is 12.1 Å². The number of hydrogen-bond acceptors (Lipinski definition) is 2. The molecule has 2 nitrogen and oxygen atoms in total. The first-order chi connectivity index (χ1) is 4.91. The smallest absolute Gasteiger partial charge is 0.0540 e. The Labute approximate surface area is 61.7 Å². The Hall–Kier alpha value is -0.660. The number of hydrogen-bond donors (Lipinski definition) is 2. The molecule has 0 amide bonds. The third-order valence-electron chi connectivity index (χ3n) is 2.59. The van der Waals surface area contributed by atoms with E-state index in [-0.39, 0.29) is 0 Å². The lowest BCUT2D eigenvalue weighted by molar-refractivity contribution is 0.352. The van der Waals surface area contributed by atoms with E-state index in [1.54, 1.807) is 0 Å². The van der Waals surface area contributed by atoms with Crippen molar-refractivity contribution in [1.29, 1.82) is 0 Å². The van der Waals surface area contributed by atoms with Crippen LogP contribution < -0.4 is 10.6 Å². The van der Waals surface area contributed by atoms with Crippen LogP contribution in [-0.2, 0) is 0 Å². The Bertz CT molecular complexity index is 145. The van der Waals surface area contributed by atoms with Gasteiger partial charge in [0.25, 0.3) is 0 Å². The van der Waals surface area contributed by atoms with Gasteiger partial charge in [0.15, 0.2) is 0 Å². The zero-order valence-electron chi connectivity index (χ0n) is 6.19. The van der Waals surface area contributed by atoms with Crippen molar-refractivity contribution in [1.82, 2.24) is 10.6 Å². The topological polar surface area (TPSA) is 24.1 Å². The summed E-state index contributed by atoms with van der Waals surface area (Å²) in [4.78, 5) is 0. The third kappa shape index (κ3) is 0.877. The van der Waals surface area contributed by atoms with Gasteiger partial charge in [-0.25, -0.2) is 0 Å². The molecule has 0 aromatic carbocycles. The van der Waals surface area contributed by atoms with Gasteiger partial charge in [0.05, 0.1) is 5.54 Å². The molecule has 0 unspecified atom stereocenters. The molecule has 0 saturated heterocycles. The molecule has 1 heterocycles. The SMILES string of the molecule is C1=CNC2(CCCC2)CN1. The zero-order valence-corrected chi connectivity index (χ0v) is 6.19. The molecule has 1 aliphatic heterocycles. The molecule has 2 rings (SSSR count). The van der Waals surface area contributed by atoms with Gasteiger partial charge in [-0.3, -0.25) is 0 Å². The lowest BCUT2D eigenvalue weighted by Gasteiger charge is -2.32. The summed E-state index contributed by atoms with van der Waals surface area (Å²) < 4.78 is 0. The van der Waals surface area contributed by atoms with Crippen LogP contribution in [0.4, 0.5) is 0 Å². The number of rotatable bonds is 0. The van der Waals surface area contributed by atoms with Crippen molar-refractivity contribution in [3.63, 3.8) is 0 Å². The van der Waals surface area contributed by atoms with Gasteiger partial charge >= 0.3 is 0 Å². The van der Waals surface area contributed by atoms with E-state index in [0.29, 0.717) is 5.54 Å². The monoisotopic (exact) mass is 138 g/mol. The molecular formula is C8H14N2. The molecule has 0 atom stereocenters. The summed E-state index contributed by atoms with van der Waals surface area (Å²) in [7, 11) is 0. The average Bonchev–Trinajstić information content (AvgIpc) is 2.39. The van der Waals surface area contributed by atoms with Crippen molar-refractivity contribution < 1.29 is 0 Å². The van der Waals surface area contributed by atoms with E-state index in [1.807, 2.05) is 12.4 Å². The molecule has 1 aliphatic carbocycles. The minimum Gasteiger partial charge on any atom is -0.387 e. The van der Waals surface area contributed by atoms with Gasteiger partial charge in [0, 0.05) is 18.9 Å². The van der Waals surface area contributed by atoms with E-state index in [1.165, 1.54) is 25.7 Å². The van der Waals surface area contributed by atoms with Crippen molar-refractivity contribution >= 4 is 0 Å². The van der Waals surface area contributed by atoms with E-state index in [9.17, 15) is 0 Å². The molecule has 0 aromatic heterocycles. The van der Waals surface area contributed by atoms with Crippen LogP contribution in [0, 0.1) is 0 Å². The second-order valence-electron chi connectivity index (χ2n) is 3.35. The van der Waals surface area contributed by atoms with E-state index in [2.05, 4.69) is 10.6 Å². The van der Waals surface area contributed by atoms with Crippen LogP contribution >= 0.6 is 0 Å². The maximum atomic E-state index is 3.45. The highest BCUT2D eigenvalue weighted by Crippen LogP contribution is 2.29. The van der Waals surface area contributed by atoms with Crippen LogP contribution in [0.15, 0.2) is 12.4 Å². The van der Waals surface area contributed by atoms with E-state index in [4.69, 9.17) is 0 Å². The fourth-order valence-corrected chi connectivity index (χ4v) is 1.96. The van der Waals surface area contributed by atoms with Crippen LogP contribution in [0.1, 0.15) is 25.7 Å². The summed E-state index contributed by atoms with van der Waals surface area (Å²) >= 11 is 0. The Balaban J connectivity index is 2.06. The van der Waals surface area contributed by atoms with Gasteiger partial charge in [-0.15, -0.1) is 0 Å². The number of nitrogens with one attached hydrogen (secondary N) is 2. The van der Waals surface area contributed by atoms with Gasteiger partial charge in [-0.05, 0) is 12.8 Å². The minimum absolute atomic E-state index is 0.425. The standard InChI is InChI=1S/C8H14N2/c1-2-4-8(3-1)7-9-5-6-10-8/h5-6,9-10H,1-4,7H2. The quantitative estimate of drug-likeness (QED) is 0.521. The Morgan fingerprint density at radius 2 is 1.90 bits per heavy atom. The van der Waals surface area contributed by atoms with Crippen molar-refractivity contribution in [2.24, 2.45) is 0 Å². The molecule has 2 aliphatic rings. The normalized spacial score (nSPS) is 28.0. The summed E-state index contributed by atoms with van der Waals surface area (Å²) in [5.41, 5.74) is 0.425. The Morgan fingerprint density at radius 3 is 2.50 bits per heavy atom. The molecule has 1 fully saturated rings. The summed E-state index contributed by atoms with van der Waals surface area (Å²) in [6, 6.07) is 0. The molecule has 56 valence electrons. The molecule has 1 spiro atoms. The van der Waals surface area contributed by atoms with Crippen LogP contribution in [0.3, 0.4) is 0 Å². The van der Waals surface area contributed by atoms with Crippen molar-refractivity contribution in [3.05, 3.63) is 12.4 Å². The first-order valence-electron chi connectivity index (χ1n) is 4.07. The summed E-state index contributed by atoms with van der Waals surface area (Å²) in [5.74, 6) is 0. The summed E-state index contributed by atoms with van der Waals surface area (Å²) in [5, 5.41) is 6.73. The molecule has 0 radical (unpaired) electrons. The summed E-state index contributed by atoms with van der Waals surface area (Å²) in [6.45, 7) is 1.11. The van der Waals surface area contributed by atoms with Crippen LogP contribution in [0.5, 0.6) is 0 Å². The second-order valence-corrected chi connectivity index (χ2v) is 3.35. The highest BCUT2D eigenvalue weighted by atomic mass is 15.1. The van der Waals surface area contributed by atoms with E-state index >= 15 is 0 Å². The lowest BCUT2D eigenvalue weighted by atomic mass is 9.97. The van der Waals surface area contributed by atoms with Gasteiger partial charge < -0.3 is 10.6 Å². The van der Waals surface area contributed by atoms with Crippen LogP contribution in [0.2, 0.25) is 0 Å².